The molecule has 0 saturated carbocycles. The van der Waals surface area contributed by atoms with E-state index in [9.17, 15) is 19.5 Å². The summed E-state index contributed by atoms with van der Waals surface area (Å²) in [7, 11) is 1.48. The van der Waals surface area contributed by atoms with Crippen molar-refractivity contribution in [3.8, 4) is 11.5 Å². The summed E-state index contributed by atoms with van der Waals surface area (Å²) in [5.41, 5.74) is 13.4. The predicted molar refractivity (Wildman–Crippen MR) is 153 cm³/mol. The lowest BCUT2D eigenvalue weighted by Crippen LogP contribution is -2.32. The molecular weight excluding hydrogens is 540 g/mol. The molecule has 40 heavy (non-hydrogen) atoms. The van der Waals surface area contributed by atoms with Gasteiger partial charge in [0.15, 0.2) is 18.1 Å². The predicted octanol–water partition coefficient (Wildman–Crippen LogP) is 3.87. The van der Waals surface area contributed by atoms with E-state index in [0.29, 0.717) is 33.2 Å². The largest absolute Gasteiger partial charge is 0.490 e. The molecule has 0 aliphatic carbocycles. The lowest BCUT2D eigenvalue weighted by atomic mass is 10.1. The molecule has 0 unspecified atom stereocenters. The van der Waals surface area contributed by atoms with E-state index in [1.54, 1.807) is 49.4 Å². The number of amides is 3. The Morgan fingerprint density at radius 1 is 1.05 bits per heavy atom. The van der Waals surface area contributed by atoms with Gasteiger partial charge < -0.3 is 36.7 Å². The Morgan fingerprint density at radius 3 is 2.35 bits per heavy atom. The van der Waals surface area contributed by atoms with Crippen LogP contribution in [0.25, 0.3) is 0 Å². The molecule has 8 N–H and O–H groups in total. The zero-order valence-corrected chi connectivity index (χ0v) is 22.5. The molecule has 0 aliphatic rings. The third-order valence-corrected chi connectivity index (χ3v) is 5.86. The monoisotopic (exact) mass is 568 g/mol. The molecule has 0 aliphatic heterocycles. The standard InChI is InChI=1S/C27H29ClN6O6/c1-3-39-22-12-19(34(2)27(31)38)10-16(24(22)40-14-23(35)36)13-32-21-9-6-17(28)11-20(21)26(37)33-18-7-4-15(5-8-18)25(29)30/h4-12,32H,3,13-14H2,1-2H3,(H3,29,30)(H2,31,38)(H,33,37)(H,35,36). The van der Waals surface area contributed by atoms with Gasteiger partial charge in [-0.3, -0.25) is 15.1 Å². The molecule has 0 spiro atoms. The number of benzene rings is 3. The van der Waals surface area contributed by atoms with Gasteiger partial charge in [-0.15, -0.1) is 0 Å². The number of rotatable bonds is 12. The Morgan fingerprint density at radius 2 is 1.75 bits per heavy atom. The first-order valence-electron chi connectivity index (χ1n) is 12.0. The number of hydrogen-bond acceptors (Lipinski definition) is 7. The van der Waals surface area contributed by atoms with Crippen LogP contribution in [0.15, 0.2) is 54.6 Å². The number of ether oxygens (including phenoxy) is 2. The summed E-state index contributed by atoms with van der Waals surface area (Å²) >= 11 is 6.19. The third-order valence-electron chi connectivity index (χ3n) is 5.62. The van der Waals surface area contributed by atoms with E-state index in [1.807, 2.05) is 0 Å². The first-order valence-corrected chi connectivity index (χ1v) is 12.3. The highest BCUT2D eigenvalue weighted by Gasteiger charge is 2.20. The second kappa shape index (κ2) is 13.2. The number of carbonyl (C=O) groups excluding carboxylic acids is 2. The lowest BCUT2D eigenvalue weighted by molar-refractivity contribution is -0.139. The van der Waals surface area contributed by atoms with Crippen LogP contribution < -0.4 is 36.5 Å². The average molecular weight is 569 g/mol. The molecular formula is C27H29ClN6O6. The molecule has 3 aromatic rings. The van der Waals surface area contributed by atoms with Crippen molar-refractivity contribution >= 4 is 52.4 Å². The maximum Gasteiger partial charge on any atom is 0.341 e. The van der Waals surface area contributed by atoms with Crippen LogP contribution in [0.5, 0.6) is 11.5 Å². The summed E-state index contributed by atoms with van der Waals surface area (Å²) in [6, 6.07) is 13.6. The van der Waals surface area contributed by atoms with Crippen molar-refractivity contribution in [2.24, 2.45) is 11.5 Å². The summed E-state index contributed by atoms with van der Waals surface area (Å²) in [4.78, 5) is 37.4. The molecule has 13 heteroatoms. The Labute approximate surface area is 235 Å². The fourth-order valence-corrected chi connectivity index (χ4v) is 3.81. The number of halogens is 1. The maximum atomic E-state index is 13.2. The number of carboxylic acid groups (broad SMARTS) is 1. The summed E-state index contributed by atoms with van der Waals surface area (Å²) in [5.74, 6) is -1.37. The van der Waals surface area contributed by atoms with Crippen molar-refractivity contribution in [3.63, 3.8) is 0 Å². The van der Waals surface area contributed by atoms with E-state index < -0.39 is 24.5 Å². The number of nitrogen functional groups attached to an aromatic ring is 1. The summed E-state index contributed by atoms with van der Waals surface area (Å²) in [5, 5.41) is 22.9. The van der Waals surface area contributed by atoms with Crippen LogP contribution in [-0.2, 0) is 11.3 Å². The normalized spacial score (nSPS) is 10.4. The SMILES string of the molecule is CCOc1cc(N(C)C(N)=O)cc(CNc2ccc(Cl)cc2C(=O)Nc2ccc(C(=N)N)cc2)c1OCC(=O)O. The molecule has 0 radical (unpaired) electrons. The molecule has 0 atom stereocenters. The van der Waals surface area contributed by atoms with E-state index in [-0.39, 0.29) is 36.0 Å². The highest BCUT2D eigenvalue weighted by Crippen LogP contribution is 2.37. The minimum atomic E-state index is -1.19. The molecule has 12 nitrogen and oxygen atoms in total. The number of urea groups is 1. The second-order valence-electron chi connectivity index (χ2n) is 8.43. The number of carboxylic acids is 1. The lowest BCUT2D eigenvalue weighted by Gasteiger charge is -2.21. The van der Waals surface area contributed by atoms with E-state index >= 15 is 0 Å². The number of nitrogens with two attached hydrogens (primary N) is 2. The average Bonchev–Trinajstić information content (AvgIpc) is 2.91. The second-order valence-corrected chi connectivity index (χ2v) is 8.87. The van der Waals surface area contributed by atoms with Gasteiger partial charge in [0.05, 0.1) is 12.2 Å². The smallest absolute Gasteiger partial charge is 0.341 e. The molecule has 210 valence electrons. The van der Waals surface area contributed by atoms with Gasteiger partial charge in [-0.25, -0.2) is 9.59 Å². The highest BCUT2D eigenvalue weighted by atomic mass is 35.5. The number of nitrogens with zero attached hydrogens (tertiary/aromatic N) is 1. The molecule has 3 rings (SSSR count). The fraction of sp³-hybridized carbons (Fsp3) is 0.185. The van der Waals surface area contributed by atoms with Gasteiger partial charge in [0.1, 0.15) is 5.84 Å². The first kappa shape index (κ1) is 29.6. The zero-order valence-electron chi connectivity index (χ0n) is 21.8. The minimum Gasteiger partial charge on any atom is -0.490 e. The van der Waals surface area contributed by atoms with Gasteiger partial charge in [0.2, 0.25) is 0 Å². The number of amidine groups is 1. The Kier molecular flexibility index (Phi) is 9.76. The van der Waals surface area contributed by atoms with Crippen molar-refractivity contribution in [1.29, 1.82) is 5.41 Å². The minimum absolute atomic E-state index is 0.0463. The molecule has 0 aromatic heterocycles. The van der Waals surface area contributed by atoms with Gasteiger partial charge in [0.25, 0.3) is 5.91 Å². The van der Waals surface area contributed by atoms with E-state index in [0.717, 1.165) is 0 Å². The molecule has 0 bridgehead atoms. The van der Waals surface area contributed by atoms with Gasteiger partial charge >= 0.3 is 12.0 Å². The zero-order chi connectivity index (χ0) is 29.4. The van der Waals surface area contributed by atoms with Gasteiger partial charge in [-0.05, 0) is 55.5 Å². The Bertz CT molecular complexity index is 1430. The number of anilines is 3. The number of nitrogens with one attached hydrogen (secondary N) is 3. The molecule has 3 aromatic carbocycles. The van der Waals surface area contributed by atoms with Gasteiger partial charge in [-0.2, -0.15) is 0 Å². The molecule has 3 amide bonds. The van der Waals surface area contributed by atoms with Crippen LogP contribution in [0.4, 0.5) is 21.9 Å². The summed E-state index contributed by atoms with van der Waals surface area (Å²) in [6.45, 7) is 1.41. The van der Waals surface area contributed by atoms with Crippen LogP contribution in [0.2, 0.25) is 5.02 Å². The summed E-state index contributed by atoms with van der Waals surface area (Å²) in [6.07, 6.45) is 0. The molecule has 0 heterocycles. The van der Waals surface area contributed by atoms with Crippen LogP contribution in [0.3, 0.4) is 0 Å². The van der Waals surface area contributed by atoms with Crippen molar-refractivity contribution < 1.29 is 29.0 Å². The van der Waals surface area contributed by atoms with Crippen LogP contribution in [0, 0.1) is 5.41 Å². The molecule has 0 fully saturated rings. The van der Waals surface area contributed by atoms with E-state index in [2.05, 4.69) is 10.6 Å². The number of carbonyl (C=O) groups is 3. The van der Waals surface area contributed by atoms with Gasteiger partial charge in [-0.1, -0.05) is 11.6 Å². The Balaban J connectivity index is 1.95. The van der Waals surface area contributed by atoms with Crippen molar-refractivity contribution in [1.82, 2.24) is 0 Å². The third kappa shape index (κ3) is 7.54. The number of primary amides is 1. The number of hydrogen-bond donors (Lipinski definition) is 6. The quantitative estimate of drug-likeness (QED) is 0.140. The first-order chi connectivity index (χ1) is 19.0. The maximum absolute atomic E-state index is 13.2. The summed E-state index contributed by atoms with van der Waals surface area (Å²) < 4.78 is 11.2. The van der Waals surface area contributed by atoms with Crippen LogP contribution in [-0.4, -0.2) is 49.1 Å². The highest BCUT2D eigenvalue weighted by molar-refractivity contribution is 6.31. The Hall–Kier alpha value is -4.97. The van der Waals surface area contributed by atoms with Crippen LogP contribution >= 0.6 is 11.6 Å². The van der Waals surface area contributed by atoms with Crippen molar-refractivity contribution in [2.45, 2.75) is 13.5 Å². The van der Waals surface area contributed by atoms with Crippen LogP contribution in [0.1, 0.15) is 28.4 Å². The van der Waals surface area contributed by atoms with Crippen molar-refractivity contribution in [3.05, 3.63) is 76.3 Å². The number of aliphatic carboxylic acids is 1. The topological polar surface area (TPSA) is 193 Å². The van der Waals surface area contributed by atoms with E-state index in [4.69, 9.17) is 38.0 Å². The van der Waals surface area contributed by atoms with Crippen molar-refractivity contribution in [2.75, 3.05) is 35.8 Å². The molecule has 0 saturated heterocycles. The van der Waals surface area contributed by atoms with Gasteiger partial charge in [0, 0.05) is 52.9 Å². The fourth-order valence-electron chi connectivity index (χ4n) is 3.64. The van der Waals surface area contributed by atoms with E-state index in [1.165, 1.54) is 24.1 Å².